The van der Waals surface area contributed by atoms with E-state index in [-0.39, 0.29) is 0 Å². The largest absolute Gasteiger partial charge is 0.323 e. The van der Waals surface area contributed by atoms with Crippen molar-refractivity contribution in [1.29, 1.82) is 0 Å². The first kappa shape index (κ1) is 18.7. The Morgan fingerprint density at radius 3 is 1.46 bits per heavy atom. The summed E-state index contributed by atoms with van der Waals surface area (Å²) in [5, 5.41) is 6.20. The number of nitrogens with zero attached hydrogens (tertiary/aromatic N) is 3. The Kier molecular flexibility index (Phi) is 5.64. The third-order valence-corrected chi connectivity index (χ3v) is 14.8. The molecule has 0 saturated heterocycles. The predicted molar refractivity (Wildman–Crippen MR) is 112 cm³/mol. The lowest BCUT2D eigenvalue weighted by Gasteiger charge is -2.26. The van der Waals surface area contributed by atoms with E-state index in [9.17, 15) is 0 Å². The molecule has 2 N–H and O–H groups in total. The molecular formula is C12H12Cl4N5P3. The van der Waals surface area contributed by atoms with Gasteiger partial charge in [0.2, 0.25) is 0 Å². The van der Waals surface area contributed by atoms with Crippen molar-refractivity contribution in [3.05, 3.63) is 60.7 Å². The van der Waals surface area contributed by atoms with E-state index in [1.807, 2.05) is 60.7 Å². The number of anilines is 2. The normalized spacial score (nSPS) is 28.0. The van der Waals surface area contributed by atoms with E-state index in [1.54, 1.807) is 0 Å². The zero-order valence-corrected chi connectivity index (χ0v) is 17.7. The quantitative estimate of drug-likeness (QED) is 0.447. The molecule has 1 heterocycles. The molecule has 5 nitrogen and oxygen atoms in total. The summed E-state index contributed by atoms with van der Waals surface area (Å²) in [6.07, 6.45) is 0. The molecule has 1 aliphatic heterocycles. The fraction of sp³-hybridized carbons (Fsp3) is 0. The Morgan fingerprint density at radius 1 is 0.583 bits per heavy atom. The van der Waals surface area contributed by atoms with E-state index in [4.69, 9.17) is 45.0 Å². The van der Waals surface area contributed by atoms with Crippen LogP contribution in [-0.2, 0) is 0 Å². The summed E-state index contributed by atoms with van der Waals surface area (Å²) < 4.78 is 13.0. The predicted octanol–water partition coefficient (Wildman–Crippen LogP) is 9.02. The van der Waals surface area contributed by atoms with E-state index in [1.165, 1.54) is 0 Å². The van der Waals surface area contributed by atoms with Crippen molar-refractivity contribution < 1.29 is 0 Å². The van der Waals surface area contributed by atoms with Gasteiger partial charge in [-0.1, -0.05) is 36.4 Å². The molecule has 0 aliphatic carbocycles. The molecule has 24 heavy (non-hydrogen) atoms. The second-order valence-corrected chi connectivity index (χ2v) is 16.5. The maximum atomic E-state index is 6.61. The van der Waals surface area contributed by atoms with E-state index < -0.39 is 19.3 Å². The Balaban J connectivity index is 2.02. The highest BCUT2D eigenvalue weighted by atomic mass is 35.9. The van der Waals surface area contributed by atoms with Crippen molar-refractivity contribution in [2.24, 2.45) is 13.5 Å². The molecule has 12 heteroatoms. The average molecular weight is 461 g/mol. The molecule has 2 atom stereocenters. The van der Waals surface area contributed by atoms with Crippen LogP contribution in [0.1, 0.15) is 0 Å². The third kappa shape index (κ3) is 4.96. The Hall–Kier alpha value is -0.110. The van der Waals surface area contributed by atoms with Gasteiger partial charge >= 0.3 is 0 Å². The van der Waals surface area contributed by atoms with Crippen molar-refractivity contribution in [3.63, 3.8) is 0 Å². The van der Waals surface area contributed by atoms with Gasteiger partial charge < -0.3 is 10.2 Å². The first-order chi connectivity index (χ1) is 11.3. The van der Waals surface area contributed by atoms with Crippen LogP contribution in [0.2, 0.25) is 0 Å². The van der Waals surface area contributed by atoms with Crippen LogP contribution >= 0.6 is 64.3 Å². The van der Waals surface area contributed by atoms with Crippen molar-refractivity contribution >= 4 is 75.7 Å². The molecule has 128 valence electrons. The maximum Gasteiger partial charge on any atom is 0.262 e. The minimum absolute atomic E-state index is 0.756. The lowest BCUT2D eigenvalue weighted by atomic mass is 10.3. The highest BCUT2D eigenvalue weighted by molar-refractivity contribution is 8.18. The molecule has 0 unspecified atom stereocenters. The first-order valence-electron chi connectivity index (χ1n) is 6.64. The van der Waals surface area contributed by atoms with Crippen molar-refractivity contribution in [2.75, 3.05) is 10.2 Å². The van der Waals surface area contributed by atoms with Gasteiger partial charge in [0.15, 0.2) is 0 Å². The SMILES string of the molecule is ClP1(Cl)=N[P@@](Cl)(Nc2ccccc2)=N[P@](Cl)(Nc2ccccc2)=N1. The molecule has 0 spiro atoms. The molecule has 0 radical (unpaired) electrons. The van der Waals surface area contributed by atoms with Crippen LogP contribution in [0.15, 0.2) is 74.2 Å². The Bertz CT molecular complexity index is 850. The second kappa shape index (κ2) is 7.25. The summed E-state index contributed by atoms with van der Waals surface area (Å²) in [5.74, 6) is -3.04. The summed E-state index contributed by atoms with van der Waals surface area (Å²) >= 11 is 25.8. The third-order valence-electron chi connectivity index (χ3n) is 2.78. The van der Waals surface area contributed by atoms with Gasteiger partial charge in [0.05, 0.1) is 0 Å². The number of nitrogens with one attached hydrogen (secondary N) is 2. The van der Waals surface area contributed by atoms with Gasteiger partial charge in [-0.15, -0.1) is 0 Å². The maximum absolute atomic E-state index is 6.61. The molecule has 0 fully saturated rings. The van der Waals surface area contributed by atoms with Crippen molar-refractivity contribution in [3.8, 4) is 0 Å². The molecular weight excluding hydrogens is 449 g/mol. The van der Waals surface area contributed by atoms with Gasteiger partial charge in [0.25, 0.3) is 19.3 Å². The first-order valence-corrected chi connectivity index (χ1v) is 15.3. The fourth-order valence-corrected chi connectivity index (χ4v) is 17.7. The van der Waals surface area contributed by atoms with Crippen LogP contribution in [0.3, 0.4) is 0 Å². The smallest absolute Gasteiger partial charge is 0.262 e. The molecule has 0 saturated carbocycles. The van der Waals surface area contributed by atoms with Crippen LogP contribution in [0.25, 0.3) is 0 Å². The van der Waals surface area contributed by atoms with Gasteiger partial charge in [-0.2, -0.15) is 13.5 Å². The zero-order chi connectivity index (χ0) is 17.3. The lowest BCUT2D eigenvalue weighted by molar-refractivity contribution is 1.62. The minimum Gasteiger partial charge on any atom is -0.323 e. The Morgan fingerprint density at radius 2 is 1.00 bits per heavy atom. The van der Waals surface area contributed by atoms with Gasteiger partial charge in [0.1, 0.15) is 0 Å². The van der Waals surface area contributed by atoms with E-state index in [2.05, 4.69) is 23.7 Å². The van der Waals surface area contributed by atoms with Crippen LogP contribution in [0.4, 0.5) is 11.4 Å². The summed E-state index contributed by atoms with van der Waals surface area (Å²) in [4.78, 5) is 0. The van der Waals surface area contributed by atoms with Gasteiger partial charge in [-0.05, 0) is 69.2 Å². The Labute approximate surface area is 159 Å². The highest BCUT2D eigenvalue weighted by Gasteiger charge is 2.33. The molecule has 1 aliphatic rings. The number of para-hydroxylation sites is 2. The average Bonchev–Trinajstić information content (AvgIpc) is 2.45. The fourth-order valence-electron chi connectivity index (χ4n) is 1.94. The second-order valence-electron chi connectivity index (χ2n) is 4.73. The van der Waals surface area contributed by atoms with E-state index in [0.717, 1.165) is 11.4 Å². The lowest BCUT2D eigenvalue weighted by Crippen LogP contribution is -1.95. The van der Waals surface area contributed by atoms with Gasteiger partial charge in [0, 0.05) is 11.4 Å². The summed E-state index contributed by atoms with van der Waals surface area (Å²) in [6, 6.07) is 18.7. The van der Waals surface area contributed by atoms with Gasteiger partial charge in [-0.25, -0.2) is 0 Å². The molecule has 0 bridgehead atoms. The monoisotopic (exact) mass is 459 g/mol. The van der Waals surface area contributed by atoms with Crippen molar-refractivity contribution in [2.45, 2.75) is 0 Å². The van der Waals surface area contributed by atoms with Crippen LogP contribution in [0, 0.1) is 0 Å². The molecule has 0 aromatic heterocycles. The van der Waals surface area contributed by atoms with Crippen LogP contribution in [0.5, 0.6) is 0 Å². The standard InChI is InChI=1S/C12H12Cl4N5P3/c13-22(14)19-23(15,17-11-7-3-1-4-8-11)21-24(16,20-22)18-12-9-5-2-6-10-12/h1-10,17-18H/t23-,24-/m1/s1. The summed E-state index contributed by atoms with van der Waals surface area (Å²) in [6.45, 7) is -5.89. The molecule has 2 aromatic rings. The number of benzene rings is 2. The number of hydrogen-bond donors (Lipinski definition) is 2. The molecule has 2 aromatic carbocycles. The number of hydrogen-bond acceptors (Lipinski definition) is 5. The van der Waals surface area contributed by atoms with E-state index >= 15 is 0 Å². The number of rotatable bonds is 4. The van der Waals surface area contributed by atoms with Crippen LogP contribution < -0.4 is 10.2 Å². The number of halogens is 4. The minimum atomic E-state index is -3.04. The zero-order valence-electron chi connectivity index (χ0n) is 12.0. The highest BCUT2D eigenvalue weighted by Crippen LogP contribution is 2.84. The van der Waals surface area contributed by atoms with Crippen molar-refractivity contribution in [1.82, 2.24) is 0 Å². The summed E-state index contributed by atoms with van der Waals surface area (Å²) in [5.41, 5.74) is 1.51. The molecule has 3 rings (SSSR count). The summed E-state index contributed by atoms with van der Waals surface area (Å²) in [7, 11) is 0. The van der Waals surface area contributed by atoms with Gasteiger partial charge in [-0.3, -0.25) is 0 Å². The molecule has 0 amide bonds. The van der Waals surface area contributed by atoms with E-state index in [0.29, 0.717) is 0 Å². The topological polar surface area (TPSA) is 61.1 Å². The van der Waals surface area contributed by atoms with Crippen LogP contribution in [-0.4, -0.2) is 0 Å².